The molecule has 4 nitrogen and oxygen atoms in total. The van der Waals surface area contributed by atoms with Gasteiger partial charge in [-0.15, -0.1) is 0 Å². The Kier molecular flexibility index (Phi) is 2.68. The van der Waals surface area contributed by atoms with Gasteiger partial charge in [0.1, 0.15) is 23.5 Å². The number of benzene rings is 1. The zero-order chi connectivity index (χ0) is 13.6. The third kappa shape index (κ3) is 1.94. The molecular formula is C15H14O4. The Morgan fingerprint density at radius 3 is 2.68 bits per heavy atom. The second kappa shape index (κ2) is 4.24. The molecule has 4 heteroatoms. The molecule has 2 heterocycles. The molecule has 0 aliphatic carbocycles. The average molecular weight is 258 g/mol. The van der Waals surface area contributed by atoms with Gasteiger partial charge in [0, 0.05) is 11.5 Å². The summed E-state index contributed by atoms with van der Waals surface area (Å²) < 4.78 is 16.3. The van der Waals surface area contributed by atoms with Crippen LogP contribution in [0, 0.1) is 0 Å². The molecule has 1 fully saturated rings. The van der Waals surface area contributed by atoms with Crippen LogP contribution in [0.1, 0.15) is 18.6 Å². The van der Waals surface area contributed by atoms with Crippen molar-refractivity contribution >= 4 is 11.0 Å². The summed E-state index contributed by atoms with van der Waals surface area (Å²) >= 11 is 0. The summed E-state index contributed by atoms with van der Waals surface area (Å²) in [5, 5.41) is 0.853. The Morgan fingerprint density at radius 2 is 2.05 bits per heavy atom. The van der Waals surface area contributed by atoms with Crippen LogP contribution in [0.5, 0.6) is 5.75 Å². The largest absolute Gasteiger partial charge is 0.496 e. The van der Waals surface area contributed by atoms with Gasteiger partial charge in [-0.1, -0.05) is 6.58 Å². The highest BCUT2D eigenvalue weighted by atomic mass is 16.6. The Bertz CT molecular complexity index is 714. The van der Waals surface area contributed by atoms with E-state index in [1.165, 1.54) is 6.07 Å². The highest BCUT2D eigenvalue weighted by Gasteiger charge is 2.44. The standard InChI is InChI=1S/C15H14O4/c1-8(2)13-15(19-13)12-10(17-3)6-4-9-5-7-11(16)18-14(9)12/h4-7,13,15H,1H2,2-3H3/t13-,15-/m1/s1. The van der Waals surface area contributed by atoms with E-state index in [1.807, 2.05) is 19.1 Å². The zero-order valence-corrected chi connectivity index (χ0v) is 10.8. The Balaban J connectivity index is 2.22. The smallest absolute Gasteiger partial charge is 0.336 e. The maximum Gasteiger partial charge on any atom is 0.336 e. The lowest BCUT2D eigenvalue weighted by molar-refractivity contribution is 0.370. The normalized spacial score (nSPS) is 21.4. The molecule has 1 aliphatic heterocycles. The molecule has 1 aromatic carbocycles. The van der Waals surface area contributed by atoms with Gasteiger partial charge in [0.15, 0.2) is 0 Å². The van der Waals surface area contributed by atoms with E-state index in [0.29, 0.717) is 11.3 Å². The van der Waals surface area contributed by atoms with Crippen LogP contribution < -0.4 is 10.4 Å². The van der Waals surface area contributed by atoms with Gasteiger partial charge in [0.2, 0.25) is 0 Å². The summed E-state index contributed by atoms with van der Waals surface area (Å²) in [7, 11) is 1.59. The molecule has 0 radical (unpaired) electrons. The van der Waals surface area contributed by atoms with Gasteiger partial charge < -0.3 is 13.9 Å². The van der Waals surface area contributed by atoms with E-state index in [0.717, 1.165) is 16.5 Å². The Hall–Kier alpha value is -2.07. The third-order valence-electron chi connectivity index (χ3n) is 3.27. The highest BCUT2D eigenvalue weighted by molar-refractivity contribution is 5.83. The number of hydrogen-bond donors (Lipinski definition) is 0. The van der Waals surface area contributed by atoms with Crippen LogP contribution >= 0.6 is 0 Å². The van der Waals surface area contributed by atoms with Crippen LogP contribution in [0.2, 0.25) is 0 Å². The predicted molar refractivity (Wildman–Crippen MR) is 71.5 cm³/mol. The first kappa shape index (κ1) is 12.0. The summed E-state index contributed by atoms with van der Waals surface area (Å²) in [5.74, 6) is 0.663. The molecule has 3 rings (SSSR count). The zero-order valence-electron chi connectivity index (χ0n) is 10.8. The quantitative estimate of drug-likeness (QED) is 0.482. The fourth-order valence-corrected chi connectivity index (χ4v) is 2.29. The van der Waals surface area contributed by atoms with E-state index in [9.17, 15) is 4.79 Å². The second-order valence-electron chi connectivity index (χ2n) is 4.68. The van der Waals surface area contributed by atoms with E-state index in [2.05, 4.69) is 6.58 Å². The van der Waals surface area contributed by atoms with Crippen molar-refractivity contribution in [2.45, 2.75) is 19.1 Å². The Morgan fingerprint density at radius 1 is 1.32 bits per heavy atom. The number of ether oxygens (including phenoxy) is 2. The van der Waals surface area contributed by atoms with Crippen LogP contribution in [0.4, 0.5) is 0 Å². The van der Waals surface area contributed by atoms with Crippen LogP contribution in [-0.4, -0.2) is 13.2 Å². The third-order valence-corrected chi connectivity index (χ3v) is 3.27. The van der Waals surface area contributed by atoms with Crippen molar-refractivity contribution in [3.8, 4) is 5.75 Å². The maximum atomic E-state index is 11.4. The minimum atomic E-state index is -0.380. The summed E-state index contributed by atoms with van der Waals surface area (Å²) in [6.07, 6.45) is -0.188. The van der Waals surface area contributed by atoms with Gasteiger partial charge in [-0.3, -0.25) is 0 Å². The summed E-state index contributed by atoms with van der Waals surface area (Å²) in [5.41, 5.74) is 1.88. The molecule has 1 aromatic heterocycles. The minimum absolute atomic E-state index is 0.0370. The maximum absolute atomic E-state index is 11.4. The molecule has 19 heavy (non-hydrogen) atoms. The van der Waals surface area contributed by atoms with E-state index >= 15 is 0 Å². The number of epoxide rings is 1. The summed E-state index contributed by atoms with van der Waals surface area (Å²) in [6.45, 7) is 5.80. The van der Waals surface area contributed by atoms with Gasteiger partial charge in [0.05, 0.1) is 12.7 Å². The lowest BCUT2D eigenvalue weighted by atomic mass is 10.0. The number of rotatable bonds is 3. The first-order valence-electron chi connectivity index (χ1n) is 6.03. The van der Waals surface area contributed by atoms with E-state index in [4.69, 9.17) is 13.9 Å². The number of methoxy groups -OCH3 is 1. The molecule has 0 amide bonds. The van der Waals surface area contributed by atoms with Crippen LogP contribution in [0.15, 0.2) is 45.6 Å². The average Bonchev–Trinajstić information content (AvgIpc) is 3.17. The van der Waals surface area contributed by atoms with E-state index in [-0.39, 0.29) is 17.8 Å². The lowest BCUT2D eigenvalue weighted by Gasteiger charge is -2.08. The highest BCUT2D eigenvalue weighted by Crippen LogP contribution is 2.48. The SMILES string of the molecule is C=C(C)[C@H]1O[C@@H]1c1c(OC)ccc2ccc(=O)oc12. The molecule has 98 valence electrons. The molecular weight excluding hydrogens is 244 g/mol. The van der Waals surface area contributed by atoms with Crippen molar-refractivity contribution in [2.75, 3.05) is 7.11 Å². The van der Waals surface area contributed by atoms with Crippen molar-refractivity contribution in [3.05, 3.63) is 52.4 Å². The predicted octanol–water partition coefficient (Wildman–Crippen LogP) is 2.82. The minimum Gasteiger partial charge on any atom is -0.496 e. The molecule has 1 aliphatic rings. The molecule has 0 spiro atoms. The molecule has 2 aromatic rings. The Labute approximate surface area is 110 Å². The van der Waals surface area contributed by atoms with Gasteiger partial charge >= 0.3 is 5.63 Å². The molecule has 0 unspecified atom stereocenters. The fourth-order valence-electron chi connectivity index (χ4n) is 2.29. The molecule has 0 bridgehead atoms. The first-order chi connectivity index (χ1) is 9.11. The molecule has 1 saturated heterocycles. The summed E-state index contributed by atoms with van der Waals surface area (Å²) in [4.78, 5) is 11.4. The number of fused-ring (bicyclic) bond motifs is 1. The van der Waals surface area contributed by atoms with Gasteiger partial charge in [-0.25, -0.2) is 4.79 Å². The van der Waals surface area contributed by atoms with Gasteiger partial charge in [-0.05, 0) is 30.7 Å². The van der Waals surface area contributed by atoms with Crippen LogP contribution in [-0.2, 0) is 4.74 Å². The lowest BCUT2D eigenvalue weighted by Crippen LogP contribution is -2.00. The monoisotopic (exact) mass is 258 g/mol. The van der Waals surface area contributed by atoms with Crippen LogP contribution in [0.3, 0.4) is 0 Å². The number of hydrogen-bond acceptors (Lipinski definition) is 4. The van der Waals surface area contributed by atoms with Gasteiger partial charge in [0.25, 0.3) is 0 Å². The van der Waals surface area contributed by atoms with Gasteiger partial charge in [-0.2, -0.15) is 0 Å². The van der Waals surface area contributed by atoms with Crippen LogP contribution in [0.25, 0.3) is 11.0 Å². The van der Waals surface area contributed by atoms with Crippen molar-refractivity contribution in [2.24, 2.45) is 0 Å². The van der Waals surface area contributed by atoms with E-state index < -0.39 is 0 Å². The van der Waals surface area contributed by atoms with Crippen molar-refractivity contribution in [3.63, 3.8) is 0 Å². The summed E-state index contributed by atoms with van der Waals surface area (Å²) in [6, 6.07) is 6.86. The molecule has 0 saturated carbocycles. The molecule has 0 N–H and O–H groups in total. The topological polar surface area (TPSA) is 52.0 Å². The second-order valence-corrected chi connectivity index (χ2v) is 4.68. The fraction of sp³-hybridized carbons (Fsp3) is 0.267. The first-order valence-corrected chi connectivity index (χ1v) is 6.03. The van der Waals surface area contributed by atoms with Crippen molar-refractivity contribution < 1.29 is 13.9 Å². The van der Waals surface area contributed by atoms with E-state index in [1.54, 1.807) is 13.2 Å². The molecule has 2 atom stereocenters. The van der Waals surface area contributed by atoms with Crippen molar-refractivity contribution in [1.82, 2.24) is 0 Å². The van der Waals surface area contributed by atoms with Crippen molar-refractivity contribution in [1.29, 1.82) is 0 Å².